The van der Waals surface area contributed by atoms with Crippen molar-refractivity contribution >= 4 is 17.6 Å². The topological polar surface area (TPSA) is 64.6 Å². The molecule has 0 aliphatic heterocycles. The molecule has 1 amide bonds. The molecule has 3 rings (SSSR count). The number of ether oxygens (including phenoxy) is 2. The second-order valence-corrected chi connectivity index (χ2v) is 6.60. The van der Waals surface area contributed by atoms with Gasteiger partial charge in [-0.15, -0.1) is 0 Å². The maximum atomic E-state index is 11.6. The van der Waals surface area contributed by atoms with Gasteiger partial charge in [0.05, 0.1) is 13.5 Å². The highest BCUT2D eigenvalue weighted by Crippen LogP contribution is 2.28. The Morgan fingerprint density at radius 3 is 2.24 bits per heavy atom. The molecular weight excluding hydrogens is 366 g/mol. The summed E-state index contributed by atoms with van der Waals surface area (Å²) in [6.45, 7) is 1.95. The molecule has 0 saturated carbocycles. The molecule has 3 aromatic carbocycles. The molecule has 5 nitrogen and oxygen atoms in total. The summed E-state index contributed by atoms with van der Waals surface area (Å²) in [5, 5.41) is 2.79. The van der Waals surface area contributed by atoms with Crippen LogP contribution in [-0.4, -0.2) is 19.0 Å². The highest BCUT2D eigenvalue weighted by molar-refractivity contribution is 5.91. The first-order valence-corrected chi connectivity index (χ1v) is 9.29. The minimum Gasteiger partial charge on any atom is -0.489 e. The van der Waals surface area contributed by atoms with Crippen LogP contribution in [0.25, 0.3) is 11.1 Å². The van der Waals surface area contributed by atoms with Gasteiger partial charge in [0.1, 0.15) is 12.4 Å². The van der Waals surface area contributed by atoms with Crippen LogP contribution in [0.1, 0.15) is 18.1 Å². The number of hydrogen-bond acceptors (Lipinski definition) is 4. The van der Waals surface area contributed by atoms with Crippen molar-refractivity contribution in [2.45, 2.75) is 20.0 Å². The van der Waals surface area contributed by atoms with Crippen molar-refractivity contribution < 1.29 is 19.1 Å². The number of carbonyl (C=O) groups excluding carboxylic acids is 2. The Morgan fingerprint density at radius 1 is 0.897 bits per heavy atom. The molecule has 5 heteroatoms. The summed E-state index contributed by atoms with van der Waals surface area (Å²) in [7, 11) is 1.34. The van der Waals surface area contributed by atoms with Gasteiger partial charge in [-0.1, -0.05) is 54.6 Å². The highest BCUT2D eigenvalue weighted by atomic mass is 16.5. The van der Waals surface area contributed by atoms with E-state index < -0.39 is 0 Å². The molecule has 3 aromatic rings. The lowest BCUT2D eigenvalue weighted by molar-refractivity contribution is -0.139. The van der Waals surface area contributed by atoms with Crippen LogP contribution in [0.3, 0.4) is 0 Å². The number of esters is 1. The van der Waals surface area contributed by atoms with E-state index in [-0.39, 0.29) is 18.3 Å². The van der Waals surface area contributed by atoms with E-state index in [1.807, 2.05) is 72.8 Å². The molecule has 0 aliphatic rings. The molecule has 0 bridgehead atoms. The van der Waals surface area contributed by atoms with E-state index >= 15 is 0 Å². The van der Waals surface area contributed by atoms with Crippen LogP contribution in [-0.2, 0) is 27.4 Å². The van der Waals surface area contributed by atoms with Gasteiger partial charge < -0.3 is 14.8 Å². The molecule has 29 heavy (non-hydrogen) atoms. The molecule has 0 fully saturated rings. The Labute approximate surface area is 170 Å². The zero-order valence-electron chi connectivity index (χ0n) is 16.5. The van der Waals surface area contributed by atoms with Gasteiger partial charge in [0.25, 0.3) is 0 Å². The molecule has 0 unspecified atom stereocenters. The third-order valence-electron chi connectivity index (χ3n) is 4.42. The third kappa shape index (κ3) is 5.69. The fourth-order valence-corrected chi connectivity index (χ4v) is 2.93. The number of amides is 1. The number of benzene rings is 3. The molecular formula is C24H23NO4. The predicted molar refractivity (Wildman–Crippen MR) is 113 cm³/mol. The van der Waals surface area contributed by atoms with Gasteiger partial charge in [-0.3, -0.25) is 9.59 Å². The van der Waals surface area contributed by atoms with E-state index in [1.54, 1.807) is 0 Å². The lowest BCUT2D eigenvalue weighted by atomic mass is 10.0. The van der Waals surface area contributed by atoms with Crippen molar-refractivity contribution in [1.82, 2.24) is 0 Å². The van der Waals surface area contributed by atoms with Gasteiger partial charge in [-0.2, -0.15) is 0 Å². The summed E-state index contributed by atoms with van der Waals surface area (Å²) in [4.78, 5) is 23.2. The molecule has 148 valence electrons. The van der Waals surface area contributed by atoms with E-state index in [2.05, 4.69) is 5.32 Å². The predicted octanol–water partition coefficient (Wildman–Crippen LogP) is 4.61. The van der Waals surface area contributed by atoms with Crippen molar-refractivity contribution in [2.24, 2.45) is 0 Å². The quantitative estimate of drug-likeness (QED) is 0.600. The second-order valence-electron chi connectivity index (χ2n) is 6.60. The van der Waals surface area contributed by atoms with Crippen molar-refractivity contribution in [3.8, 4) is 16.9 Å². The smallest absolute Gasteiger partial charge is 0.310 e. The maximum Gasteiger partial charge on any atom is 0.310 e. The highest BCUT2D eigenvalue weighted by Gasteiger charge is 2.11. The molecule has 0 aromatic heterocycles. The molecule has 0 heterocycles. The van der Waals surface area contributed by atoms with Crippen LogP contribution in [0.2, 0.25) is 0 Å². The summed E-state index contributed by atoms with van der Waals surface area (Å²) < 4.78 is 10.6. The Balaban J connectivity index is 1.76. The van der Waals surface area contributed by atoms with Crippen LogP contribution >= 0.6 is 0 Å². The van der Waals surface area contributed by atoms with E-state index in [4.69, 9.17) is 9.47 Å². The van der Waals surface area contributed by atoms with Crippen molar-refractivity contribution in [2.75, 3.05) is 12.4 Å². The van der Waals surface area contributed by atoms with Gasteiger partial charge in [-0.05, 0) is 40.5 Å². The van der Waals surface area contributed by atoms with Gasteiger partial charge in [0.2, 0.25) is 5.91 Å². The van der Waals surface area contributed by atoms with E-state index in [1.165, 1.54) is 14.0 Å². The molecule has 0 radical (unpaired) electrons. The molecule has 0 saturated heterocycles. The average molecular weight is 389 g/mol. The first kappa shape index (κ1) is 20.1. The second kappa shape index (κ2) is 9.55. The largest absolute Gasteiger partial charge is 0.489 e. The first-order valence-electron chi connectivity index (χ1n) is 9.29. The standard InChI is InChI=1S/C24H23NO4/c1-17(26)25-23-14-20(8-9-21(23)15-24(27)28-2)19-10-12-22(13-11-19)29-16-18-6-4-3-5-7-18/h3-14H,15-16H2,1-2H3,(H,25,26). The minimum atomic E-state index is -0.357. The van der Waals surface area contributed by atoms with Crippen molar-refractivity contribution in [3.05, 3.63) is 83.9 Å². The summed E-state index contributed by atoms with van der Waals surface area (Å²) >= 11 is 0. The number of rotatable bonds is 7. The Bertz CT molecular complexity index is 982. The summed E-state index contributed by atoms with van der Waals surface area (Å²) in [6.07, 6.45) is 0.0959. The Hall–Kier alpha value is -3.60. The van der Waals surface area contributed by atoms with Gasteiger partial charge in [-0.25, -0.2) is 0 Å². The summed E-state index contributed by atoms with van der Waals surface area (Å²) in [5.74, 6) is 0.226. The van der Waals surface area contributed by atoms with E-state index in [9.17, 15) is 9.59 Å². The zero-order valence-corrected chi connectivity index (χ0v) is 16.5. The van der Waals surface area contributed by atoms with Gasteiger partial charge >= 0.3 is 5.97 Å². The normalized spacial score (nSPS) is 10.3. The Kier molecular flexibility index (Phi) is 6.63. The first-order chi connectivity index (χ1) is 14.0. The SMILES string of the molecule is COC(=O)Cc1ccc(-c2ccc(OCc3ccccc3)cc2)cc1NC(C)=O. The molecule has 0 atom stereocenters. The third-order valence-corrected chi connectivity index (χ3v) is 4.42. The number of methoxy groups -OCH3 is 1. The monoisotopic (exact) mass is 389 g/mol. The lowest BCUT2D eigenvalue weighted by Crippen LogP contribution is -2.11. The van der Waals surface area contributed by atoms with Crippen LogP contribution in [0, 0.1) is 0 Å². The summed E-state index contributed by atoms with van der Waals surface area (Å²) in [6, 6.07) is 23.4. The maximum absolute atomic E-state index is 11.6. The molecule has 1 N–H and O–H groups in total. The van der Waals surface area contributed by atoms with Gasteiger partial charge in [0, 0.05) is 12.6 Å². The van der Waals surface area contributed by atoms with Gasteiger partial charge in [0.15, 0.2) is 0 Å². The number of anilines is 1. The van der Waals surface area contributed by atoms with E-state index in [0.29, 0.717) is 17.9 Å². The molecule has 0 aliphatic carbocycles. The minimum absolute atomic E-state index is 0.0959. The number of hydrogen-bond donors (Lipinski definition) is 1. The van der Waals surface area contributed by atoms with Crippen LogP contribution in [0.5, 0.6) is 5.75 Å². The lowest BCUT2D eigenvalue weighted by Gasteiger charge is -2.12. The fourth-order valence-electron chi connectivity index (χ4n) is 2.93. The van der Waals surface area contributed by atoms with Crippen LogP contribution in [0.15, 0.2) is 72.8 Å². The Morgan fingerprint density at radius 2 is 1.59 bits per heavy atom. The van der Waals surface area contributed by atoms with Crippen LogP contribution in [0.4, 0.5) is 5.69 Å². The fraction of sp³-hybridized carbons (Fsp3) is 0.167. The average Bonchev–Trinajstić information content (AvgIpc) is 2.74. The van der Waals surface area contributed by atoms with Crippen LogP contribution < -0.4 is 10.1 Å². The van der Waals surface area contributed by atoms with Crippen molar-refractivity contribution in [1.29, 1.82) is 0 Å². The van der Waals surface area contributed by atoms with E-state index in [0.717, 1.165) is 22.4 Å². The molecule has 0 spiro atoms. The number of nitrogens with one attached hydrogen (secondary N) is 1. The zero-order chi connectivity index (χ0) is 20.6. The van der Waals surface area contributed by atoms with Crippen molar-refractivity contribution in [3.63, 3.8) is 0 Å². The number of carbonyl (C=O) groups is 2. The summed E-state index contributed by atoms with van der Waals surface area (Å²) in [5.41, 5.74) is 4.33.